The Morgan fingerprint density at radius 3 is 1.41 bits per heavy atom. The molecule has 0 spiro atoms. The first kappa shape index (κ1) is 55.6. The van der Waals surface area contributed by atoms with Crippen molar-refractivity contribution in [2.45, 2.75) is 54.9 Å². The van der Waals surface area contributed by atoms with Crippen LogP contribution in [-0.4, -0.2) is 73.6 Å². The monoisotopic (exact) mass is 1360 g/mol. The van der Waals surface area contributed by atoms with Crippen LogP contribution in [0.15, 0.2) is 225 Å². The van der Waals surface area contributed by atoms with Crippen LogP contribution in [0, 0.1) is 34.4 Å². The second-order valence-electron chi connectivity index (χ2n) is 26.3. The van der Waals surface area contributed by atoms with Crippen LogP contribution >= 0.6 is 0 Å². The van der Waals surface area contributed by atoms with Crippen molar-refractivity contribution in [3.05, 3.63) is 253 Å². The number of aryl methyl sites for hydroxylation is 13. The number of aromatic nitrogens is 16. The molecule has 0 fully saturated rings. The van der Waals surface area contributed by atoms with Gasteiger partial charge in [0.15, 0.2) is 18.1 Å². The molecule has 0 N–H and O–H groups in total. The molecule has 1 aliphatic heterocycles. The zero-order valence-electron chi connectivity index (χ0n) is 67.5. The fraction of sp³-hybridized carbons (Fsp3) is 0.202. The normalized spacial score (nSPS) is 14.5. The summed E-state index contributed by atoms with van der Waals surface area (Å²) in [7, 11) is 18.0. The lowest BCUT2D eigenvalue weighted by molar-refractivity contribution is -0.661. The van der Waals surface area contributed by atoms with E-state index >= 15 is 0 Å². The molecular weight excluding hydrogens is 1260 g/mol. The average molecular weight is 1360 g/mol. The number of para-hydroxylation sites is 10. The number of benzene rings is 7. The first-order chi connectivity index (χ1) is 52.5. The Kier molecular flexibility index (Phi) is 13.9. The van der Waals surface area contributed by atoms with Gasteiger partial charge < -0.3 is 23.5 Å². The summed E-state index contributed by atoms with van der Waals surface area (Å²) in [4.78, 5) is 23.8. The molecule has 0 unspecified atom stereocenters. The quantitative estimate of drug-likeness (QED) is 0.153. The number of fused-ring (bicyclic) bond motifs is 13. The molecule has 510 valence electrons. The third-order valence-electron chi connectivity index (χ3n) is 20.0. The minimum absolute atomic E-state index is 0. The lowest BCUT2D eigenvalue weighted by Gasteiger charge is -2.28. The van der Waals surface area contributed by atoms with E-state index in [1.165, 1.54) is 22.9 Å². The fourth-order valence-corrected chi connectivity index (χ4v) is 14.7. The number of nitrogens with zero attached hydrogens (tertiary/aromatic N) is 18. The van der Waals surface area contributed by atoms with Gasteiger partial charge in [0.25, 0.3) is 0 Å². The van der Waals surface area contributed by atoms with Crippen molar-refractivity contribution < 1.29 is 26.0 Å². The molecule has 12 heterocycles. The lowest BCUT2D eigenvalue weighted by atomic mass is 9.95. The summed E-state index contributed by atoms with van der Waals surface area (Å²) in [5, 5.41) is 0. The van der Waals surface area contributed by atoms with Crippen LogP contribution in [0.2, 0.25) is 0 Å². The molecule has 102 heavy (non-hydrogen) atoms. The summed E-state index contributed by atoms with van der Waals surface area (Å²) in [5.41, 5.74) is 20.2. The standard InChI is InChI=1S/C25H25N4.C23H21N4.C20H21N5.C15H16N5.CH4/c1-16-10-11-19(17(2)12-16)20-13-23(27(4)14-18(20)3)24-15-29-22-9-7-6-8-21(22)26-25(29)28(24)5;1-16-14-25(2)21(13-18(16)17-9-5-4-6-10-17)22-15-27-20-12-8-7-11-19(20)24-23(27)26(22)3;1-13-19(25-14(2)22(3)17-11-7-8-12-18(17)25)23(4)20-21-15-9-5-6-10-16(15)24(13)20;1-17-8-9-18(2)14(17)13-10-20-12-7-5-4-6-11(12)16-15(20)19(13)3;/h6-15H,1-5H3;4-15H,1-3H3;5-12,14H,1-4H3;4-10H,1-3H3;1H4/q2*+1;;+1;/t;;14-;;/m..0../s1/i2D3,3D3;1D3;;;. The Balaban J connectivity index is 0.000000119. The van der Waals surface area contributed by atoms with Crippen molar-refractivity contribution in [3.63, 3.8) is 0 Å². The number of anilines is 3. The van der Waals surface area contributed by atoms with Crippen molar-refractivity contribution in [2.24, 2.45) is 56.4 Å². The second-order valence-corrected chi connectivity index (χ2v) is 26.3. The highest BCUT2D eigenvalue weighted by atomic mass is 15.5. The van der Waals surface area contributed by atoms with E-state index < -0.39 is 20.6 Å². The van der Waals surface area contributed by atoms with Crippen LogP contribution in [0.25, 0.3) is 124 Å². The number of hydrogen-bond acceptors (Lipinski definition) is 6. The van der Waals surface area contributed by atoms with Crippen LogP contribution in [0.5, 0.6) is 0 Å². The van der Waals surface area contributed by atoms with Crippen LogP contribution < -0.4 is 23.5 Å². The molecule has 18 nitrogen and oxygen atoms in total. The van der Waals surface area contributed by atoms with Gasteiger partial charge in [-0.2, -0.15) is 9.13 Å². The SMILES string of the molecule is C.Cc1c(N2c3ccccc3N(C)[C@@H]2C)n(C)c2nc3ccccc3n12.Cn1cc[n+](C)c1-c1cn2c3ccccc3nc2n1C.[2H]C([2H])([2H])c1c[n+](C)c(-c2cn3c4ccccc4nc3n2C)cc1-c1ccccc1.[2H]C([2H])([2H])c1cc(C)ccc1-c1cc(-c2cn3c4ccccc4nc3n2C)[n+](C)cc1C([2H])([2H])[2H]. The molecule has 1 atom stereocenters. The van der Waals surface area contributed by atoms with Gasteiger partial charge in [-0.1, -0.05) is 122 Å². The topological polar surface area (TPSA) is 112 Å². The van der Waals surface area contributed by atoms with Gasteiger partial charge in [-0.05, 0) is 130 Å². The Bertz CT molecular complexity index is 6620. The first-order valence-electron chi connectivity index (χ1n) is 38.0. The molecule has 0 bridgehead atoms. The van der Waals surface area contributed by atoms with E-state index in [-0.39, 0.29) is 24.7 Å². The van der Waals surface area contributed by atoms with E-state index in [0.717, 1.165) is 113 Å². The molecule has 0 saturated carbocycles. The highest BCUT2D eigenvalue weighted by Crippen LogP contribution is 2.45. The Morgan fingerprint density at radius 1 is 0.431 bits per heavy atom. The minimum Gasteiger partial charge on any atom is -0.352 e. The Morgan fingerprint density at radius 2 is 0.882 bits per heavy atom. The summed E-state index contributed by atoms with van der Waals surface area (Å²) < 4.78 is 97.5. The van der Waals surface area contributed by atoms with Crippen molar-refractivity contribution in [1.82, 2.24) is 60.4 Å². The van der Waals surface area contributed by atoms with Crippen LogP contribution in [0.4, 0.5) is 17.2 Å². The van der Waals surface area contributed by atoms with Gasteiger partial charge in [0, 0.05) is 89.4 Å². The van der Waals surface area contributed by atoms with Crippen LogP contribution in [-0.2, 0) is 56.4 Å². The molecule has 0 radical (unpaired) electrons. The maximum absolute atomic E-state index is 8.16. The molecule has 18 heteroatoms. The smallest absolute Gasteiger partial charge is 0.306 e. The third kappa shape index (κ3) is 10.7. The van der Waals surface area contributed by atoms with Crippen molar-refractivity contribution in [1.29, 1.82) is 0 Å². The average Bonchev–Trinajstić information content (AvgIpc) is 1.57. The fourth-order valence-electron chi connectivity index (χ4n) is 14.7. The van der Waals surface area contributed by atoms with E-state index in [2.05, 4.69) is 164 Å². The maximum Gasteiger partial charge on any atom is 0.306 e. The first-order valence-corrected chi connectivity index (χ1v) is 33.5. The van der Waals surface area contributed by atoms with E-state index in [9.17, 15) is 0 Å². The van der Waals surface area contributed by atoms with Gasteiger partial charge in [0.1, 0.15) is 49.9 Å². The third-order valence-corrected chi connectivity index (χ3v) is 20.0. The molecule has 7 aromatic carbocycles. The Hall–Kier alpha value is -12.3. The predicted molar refractivity (Wildman–Crippen MR) is 413 cm³/mol. The molecule has 18 aromatic rings. The zero-order valence-corrected chi connectivity index (χ0v) is 58.5. The Labute approximate surface area is 606 Å². The lowest BCUT2D eigenvalue weighted by Crippen LogP contribution is -2.36. The van der Waals surface area contributed by atoms with Crippen molar-refractivity contribution in [2.75, 3.05) is 16.8 Å². The zero-order chi connectivity index (χ0) is 77.5. The maximum atomic E-state index is 8.16. The predicted octanol–water partition coefficient (Wildman–Crippen LogP) is 15.6. The van der Waals surface area contributed by atoms with Gasteiger partial charge in [0.05, 0.1) is 75.3 Å². The second kappa shape index (κ2) is 25.5. The van der Waals surface area contributed by atoms with Gasteiger partial charge >= 0.3 is 5.82 Å². The summed E-state index contributed by atoms with van der Waals surface area (Å²) >= 11 is 0. The summed E-state index contributed by atoms with van der Waals surface area (Å²) in [6.07, 6.45) is 13.8. The van der Waals surface area contributed by atoms with E-state index in [1.54, 1.807) is 42.2 Å². The van der Waals surface area contributed by atoms with E-state index in [1.807, 2.05) is 168 Å². The number of hydrogen-bond donors (Lipinski definition) is 0. The highest BCUT2D eigenvalue weighted by Gasteiger charge is 2.35. The summed E-state index contributed by atoms with van der Waals surface area (Å²) in [6.45, 7) is -0.778. The summed E-state index contributed by atoms with van der Waals surface area (Å²) in [6, 6.07) is 59.6. The van der Waals surface area contributed by atoms with Crippen LogP contribution in [0.3, 0.4) is 0 Å². The molecule has 1 aliphatic rings. The molecule has 11 aromatic heterocycles. The highest BCUT2D eigenvalue weighted by molar-refractivity contribution is 5.88. The molecule has 0 aliphatic carbocycles. The number of imidazole rings is 9. The minimum atomic E-state index is -2.43. The van der Waals surface area contributed by atoms with Gasteiger partial charge in [-0.15, -0.1) is 0 Å². The van der Waals surface area contributed by atoms with Gasteiger partial charge in [0.2, 0.25) is 34.5 Å². The van der Waals surface area contributed by atoms with E-state index in [4.69, 9.17) is 32.3 Å². The van der Waals surface area contributed by atoms with Crippen molar-refractivity contribution in [3.8, 4) is 56.5 Å². The largest absolute Gasteiger partial charge is 0.352 e. The molecule has 0 amide bonds. The molecule has 0 saturated heterocycles. The van der Waals surface area contributed by atoms with Crippen molar-refractivity contribution >= 4 is 84.4 Å². The van der Waals surface area contributed by atoms with Crippen LogP contribution in [0.1, 0.15) is 54.6 Å². The number of rotatable bonds is 6. The molecule has 19 rings (SSSR count). The summed E-state index contributed by atoms with van der Waals surface area (Å²) in [5.74, 6) is 5.88. The van der Waals surface area contributed by atoms with Gasteiger partial charge in [-0.3, -0.25) is 22.2 Å². The number of pyridine rings is 2. The van der Waals surface area contributed by atoms with Gasteiger partial charge in [-0.25, -0.2) is 29.1 Å². The molecular formula is C84H87N18+3. The van der Waals surface area contributed by atoms with E-state index in [0.29, 0.717) is 22.3 Å².